The molecular weight excluding hydrogens is 409 g/mol. The molecule has 2 N–H and O–H groups in total. The van der Waals surface area contributed by atoms with Crippen LogP contribution >= 0.6 is 0 Å². The summed E-state index contributed by atoms with van der Waals surface area (Å²) in [5.41, 5.74) is 1.02. The van der Waals surface area contributed by atoms with Gasteiger partial charge >= 0.3 is 0 Å². The molecule has 162 valence electrons. The molecule has 1 saturated carbocycles. The molecule has 2 aliphatic rings. The first-order chi connectivity index (χ1) is 15.3. The van der Waals surface area contributed by atoms with Gasteiger partial charge < -0.3 is 15.2 Å². The Morgan fingerprint density at radius 1 is 1.34 bits per heavy atom. The molecule has 1 unspecified atom stereocenters. The summed E-state index contributed by atoms with van der Waals surface area (Å²) in [5, 5.41) is 13.0. The number of rotatable bonds is 4. The van der Waals surface area contributed by atoms with Gasteiger partial charge in [-0.2, -0.15) is 5.26 Å². The summed E-state index contributed by atoms with van der Waals surface area (Å²) in [6.45, 7) is 4.62. The Morgan fingerprint density at radius 2 is 2.16 bits per heavy atom. The third-order valence-electron chi connectivity index (χ3n) is 7.01. The maximum absolute atomic E-state index is 14.1. The van der Waals surface area contributed by atoms with Crippen molar-refractivity contribution in [2.24, 2.45) is 17.3 Å². The van der Waals surface area contributed by atoms with Gasteiger partial charge in [0.15, 0.2) is 0 Å². The molecular formula is C24H22FN5O2. The highest BCUT2D eigenvalue weighted by Crippen LogP contribution is 2.65. The van der Waals surface area contributed by atoms with Crippen LogP contribution in [0.4, 0.5) is 4.39 Å². The Kier molecular flexibility index (Phi) is 4.52. The van der Waals surface area contributed by atoms with Crippen LogP contribution in [0.15, 0.2) is 48.8 Å². The number of nitrogens with one attached hydrogen (secondary N) is 2. The first-order valence-corrected chi connectivity index (χ1v) is 10.5. The van der Waals surface area contributed by atoms with E-state index in [4.69, 9.17) is 0 Å². The predicted molar refractivity (Wildman–Crippen MR) is 115 cm³/mol. The number of halogens is 1. The van der Waals surface area contributed by atoms with E-state index in [1.807, 2.05) is 0 Å². The second kappa shape index (κ2) is 7.16. The average molecular weight is 431 g/mol. The number of fused-ring (bicyclic) bond motifs is 2. The number of nitriles is 1. The van der Waals surface area contributed by atoms with Crippen molar-refractivity contribution in [2.75, 3.05) is 6.54 Å². The number of benzene rings is 1. The van der Waals surface area contributed by atoms with Crippen LogP contribution in [0.3, 0.4) is 0 Å². The van der Waals surface area contributed by atoms with Crippen molar-refractivity contribution in [1.29, 1.82) is 5.26 Å². The SMILES string of the molecule is CC1(C)[C@@H]2[C@@H](C(=O)NC(C#N)c3cccnc3)N(C(=O)c3cc4cccc(F)c4[nH]3)C[C@@H]21. The Labute approximate surface area is 184 Å². The molecule has 7 nitrogen and oxygen atoms in total. The highest BCUT2D eigenvalue weighted by molar-refractivity contribution is 6.01. The lowest BCUT2D eigenvalue weighted by Gasteiger charge is -2.30. The van der Waals surface area contributed by atoms with Crippen LogP contribution < -0.4 is 5.32 Å². The monoisotopic (exact) mass is 431 g/mol. The quantitative estimate of drug-likeness (QED) is 0.662. The summed E-state index contributed by atoms with van der Waals surface area (Å²) < 4.78 is 14.1. The highest BCUT2D eigenvalue weighted by Gasteiger charge is 2.69. The molecule has 1 aromatic carbocycles. The number of carbonyl (C=O) groups excluding carboxylic acids is 2. The number of aromatic amines is 1. The van der Waals surface area contributed by atoms with E-state index < -0.39 is 17.9 Å². The third-order valence-corrected chi connectivity index (χ3v) is 7.01. The number of amides is 2. The number of piperidine rings is 1. The number of pyridine rings is 1. The summed E-state index contributed by atoms with van der Waals surface area (Å²) >= 11 is 0. The number of H-pyrrole nitrogens is 1. The summed E-state index contributed by atoms with van der Waals surface area (Å²) in [4.78, 5) is 35.1. The molecule has 4 atom stereocenters. The number of hydrogen-bond donors (Lipinski definition) is 2. The summed E-state index contributed by atoms with van der Waals surface area (Å²) in [6.07, 6.45) is 3.13. The predicted octanol–water partition coefficient (Wildman–Crippen LogP) is 3.18. The van der Waals surface area contributed by atoms with E-state index in [-0.39, 0.29) is 40.3 Å². The van der Waals surface area contributed by atoms with Gasteiger partial charge in [0.1, 0.15) is 23.6 Å². The van der Waals surface area contributed by atoms with Crippen LogP contribution in [0, 0.1) is 34.4 Å². The van der Waals surface area contributed by atoms with Crippen molar-refractivity contribution in [2.45, 2.75) is 25.9 Å². The molecule has 8 heteroatoms. The van der Waals surface area contributed by atoms with Gasteiger partial charge in [-0.3, -0.25) is 14.6 Å². The van der Waals surface area contributed by atoms with Crippen molar-refractivity contribution >= 4 is 22.7 Å². The van der Waals surface area contributed by atoms with E-state index in [0.717, 1.165) is 0 Å². The highest BCUT2D eigenvalue weighted by atomic mass is 19.1. The fourth-order valence-electron chi connectivity index (χ4n) is 5.15. The van der Waals surface area contributed by atoms with Gasteiger partial charge in [-0.15, -0.1) is 0 Å². The van der Waals surface area contributed by atoms with Gasteiger partial charge in [0.05, 0.1) is 11.6 Å². The largest absolute Gasteiger partial charge is 0.348 e. The summed E-state index contributed by atoms with van der Waals surface area (Å²) in [7, 11) is 0. The smallest absolute Gasteiger partial charge is 0.271 e. The number of hydrogen-bond acceptors (Lipinski definition) is 4. The Balaban J connectivity index is 1.43. The minimum atomic E-state index is -0.865. The lowest BCUT2D eigenvalue weighted by Crippen LogP contribution is -2.50. The van der Waals surface area contributed by atoms with E-state index in [1.165, 1.54) is 12.3 Å². The van der Waals surface area contributed by atoms with Crippen LogP contribution in [-0.4, -0.2) is 39.3 Å². The molecule has 2 aromatic heterocycles. The van der Waals surface area contributed by atoms with Crippen LogP contribution in [0.1, 0.15) is 35.9 Å². The van der Waals surface area contributed by atoms with Gasteiger partial charge in [0.25, 0.3) is 5.91 Å². The Morgan fingerprint density at radius 3 is 2.84 bits per heavy atom. The van der Waals surface area contributed by atoms with E-state index in [1.54, 1.807) is 41.4 Å². The Hall–Kier alpha value is -3.73. The van der Waals surface area contributed by atoms with Crippen LogP contribution in [0.5, 0.6) is 0 Å². The second-order valence-electron chi connectivity index (χ2n) is 9.10. The topological polar surface area (TPSA) is 102 Å². The minimum Gasteiger partial charge on any atom is -0.348 e. The van der Waals surface area contributed by atoms with E-state index in [0.29, 0.717) is 17.5 Å². The van der Waals surface area contributed by atoms with Crippen molar-refractivity contribution < 1.29 is 14.0 Å². The fourth-order valence-corrected chi connectivity index (χ4v) is 5.15. The zero-order valence-corrected chi connectivity index (χ0v) is 17.7. The third kappa shape index (κ3) is 3.04. The molecule has 2 fully saturated rings. The molecule has 1 aliphatic carbocycles. The van der Waals surface area contributed by atoms with E-state index in [2.05, 4.69) is 35.2 Å². The lowest BCUT2D eigenvalue weighted by atomic mass is 9.99. The van der Waals surface area contributed by atoms with E-state index in [9.17, 15) is 19.2 Å². The molecule has 0 spiro atoms. The van der Waals surface area contributed by atoms with Crippen LogP contribution in [0.25, 0.3) is 10.9 Å². The standard InChI is InChI=1S/C24H22FN5O2/c1-24(2)15-12-30(23(32)17-9-13-5-3-7-16(25)20(13)28-17)21(19(15)24)22(31)29-18(10-26)14-6-4-8-27-11-14/h3-9,11,15,18-19,21,28H,12H2,1-2H3,(H,29,31)/t15-,18?,19-,21-/m0/s1. The zero-order valence-electron chi connectivity index (χ0n) is 17.7. The molecule has 1 aliphatic heterocycles. The maximum Gasteiger partial charge on any atom is 0.271 e. The van der Waals surface area contributed by atoms with Crippen LogP contribution in [0.2, 0.25) is 0 Å². The molecule has 3 heterocycles. The number of carbonyl (C=O) groups is 2. The number of para-hydroxylation sites is 1. The molecule has 5 rings (SSSR count). The summed E-state index contributed by atoms with van der Waals surface area (Å²) in [5.74, 6) is -0.953. The molecule has 3 aromatic rings. The second-order valence-corrected chi connectivity index (χ2v) is 9.10. The Bertz CT molecular complexity index is 1260. The van der Waals surface area contributed by atoms with Crippen molar-refractivity contribution in [1.82, 2.24) is 20.2 Å². The molecule has 0 radical (unpaired) electrons. The number of nitrogens with zero attached hydrogens (tertiary/aromatic N) is 3. The number of likely N-dealkylation sites (tertiary alicyclic amines) is 1. The normalized spacial score (nSPS) is 23.9. The minimum absolute atomic E-state index is 0.000746. The molecule has 1 saturated heterocycles. The zero-order chi connectivity index (χ0) is 22.6. The fraction of sp³-hybridized carbons (Fsp3) is 0.333. The summed E-state index contributed by atoms with van der Waals surface area (Å²) in [6, 6.07) is 10.2. The average Bonchev–Trinajstić information content (AvgIpc) is 3.18. The van der Waals surface area contributed by atoms with Gasteiger partial charge in [-0.25, -0.2) is 4.39 Å². The van der Waals surface area contributed by atoms with Gasteiger partial charge in [0.2, 0.25) is 5.91 Å². The number of aromatic nitrogens is 2. The first kappa shape index (κ1) is 20.2. The van der Waals surface area contributed by atoms with Gasteiger partial charge in [-0.05, 0) is 35.4 Å². The van der Waals surface area contributed by atoms with Crippen LogP contribution in [-0.2, 0) is 4.79 Å². The van der Waals surface area contributed by atoms with Crippen molar-refractivity contribution in [3.05, 3.63) is 65.9 Å². The maximum atomic E-state index is 14.1. The molecule has 2 amide bonds. The van der Waals surface area contributed by atoms with E-state index >= 15 is 0 Å². The van der Waals surface area contributed by atoms with Gasteiger partial charge in [-0.1, -0.05) is 32.0 Å². The first-order valence-electron chi connectivity index (χ1n) is 10.5. The lowest BCUT2D eigenvalue weighted by molar-refractivity contribution is -0.126. The molecule has 0 bridgehead atoms. The molecule has 32 heavy (non-hydrogen) atoms. The van der Waals surface area contributed by atoms with Crippen molar-refractivity contribution in [3.8, 4) is 6.07 Å². The van der Waals surface area contributed by atoms with Gasteiger partial charge in [0, 0.05) is 29.9 Å². The van der Waals surface area contributed by atoms with Crippen molar-refractivity contribution in [3.63, 3.8) is 0 Å².